The lowest BCUT2D eigenvalue weighted by Crippen LogP contribution is -2.33. The second-order valence-corrected chi connectivity index (χ2v) is 6.31. The molecule has 3 rings (SSSR count). The second kappa shape index (κ2) is 11.2. The maximum absolute atomic E-state index is 10.8. The Kier molecular flexibility index (Phi) is 4.33. The highest BCUT2D eigenvalue weighted by Gasteiger charge is 2.17. The Morgan fingerprint density at radius 2 is 1.77 bits per heavy atom. The molecule has 162 valence electrons. The maximum Gasteiger partial charge on any atom is 0.329 e. The van der Waals surface area contributed by atoms with Crippen LogP contribution in [0, 0.1) is 0 Å². The molecule has 2 aromatic carbocycles. The summed E-state index contributed by atoms with van der Waals surface area (Å²) in [5.41, 5.74) is 1.51. The van der Waals surface area contributed by atoms with Crippen LogP contribution in [-0.4, -0.2) is 46.8 Å². The van der Waals surface area contributed by atoms with Crippen molar-refractivity contribution in [2.75, 3.05) is 24.6 Å². The number of anilines is 1. The lowest BCUT2D eigenvalue weighted by molar-refractivity contribution is -0.142. The fourth-order valence-electron chi connectivity index (χ4n) is 2.76. The van der Waals surface area contributed by atoms with Crippen molar-refractivity contribution in [3.8, 4) is 22.5 Å². The van der Waals surface area contributed by atoms with E-state index in [4.69, 9.17) is 24.9 Å². The number of aliphatic carboxylic acids is 1. The molecule has 0 fully saturated rings. The molecule has 0 saturated carbocycles. The Morgan fingerprint density at radius 1 is 1.13 bits per heavy atom. The standard InChI is InChI=1S/C25H29N3O3/c1-19(2)28(15-9-10-16-31-18-23(29)30)22-17-26-24(20-11-5-3-6-12-20)25(27-22)21-13-7-4-8-14-21/h3-8,11-14,17,19H,9-10,15-16,18H2,1-2H3,(H,29,30)/i1D3,2D3,10D2,15D2,19D. The van der Waals surface area contributed by atoms with Gasteiger partial charge in [-0.05, 0) is 26.5 Å². The summed E-state index contributed by atoms with van der Waals surface area (Å²) in [7, 11) is 0. The van der Waals surface area contributed by atoms with Crippen molar-refractivity contribution < 1.29 is 29.7 Å². The van der Waals surface area contributed by atoms with Gasteiger partial charge >= 0.3 is 5.97 Å². The summed E-state index contributed by atoms with van der Waals surface area (Å²) in [5.74, 6) is -2.03. The number of aromatic nitrogens is 2. The van der Waals surface area contributed by atoms with Crippen molar-refractivity contribution in [2.45, 2.75) is 32.5 Å². The Hall–Kier alpha value is -3.25. The number of benzene rings is 2. The van der Waals surface area contributed by atoms with Gasteiger partial charge in [-0.25, -0.2) is 9.78 Å². The highest BCUT2D eigenvalue weighted by molar-refractivity contribution is 5.78. The summed E-state index contributed by atoms with van der Waals surface area (Å²) in [4.78, 5) is 19.8. The van der Waals surface area contributed by atoms with Gasteiger partial charge in [0.25, 0.3) is 0 Å². The Morgan fingerprint density at radius 3 is 2.39 bits per heavy atom. The van der Waals surface area contributed by atoms with Gasteiger partial charge in [0, 0.05) is 44.0 Å². The van der Waals surface area contributed by atoms with Gasteiger partial charge in [0.05, 0.1) is 19.0 Å². The van der Waals surface area contributed by atoms with Gasteiger partial charge in [-0.1, -0.05) is 60.7 Å². The van der Waals surface area contributed by atoms with Crippen LogP contribution in [0.25, 0.3) is 22.5 Å². The normalized spacial score (nSPS) is 18.3. The average molecular weight is 431 g/mol. The van der Waals surface area contributed by atoms with Crippen LogP contribution in [0.2, 0.25) is 0 Å². The summed E-state index contributed by atoms with van der Waals surface area (Å²) < 4.78 is 95.9. The minimum atomic E-state index is -3.67. The van der Waals surface area contributed by atoms with Crippen LogP contribution in [0.3, 0.4) is 0 Å². The molecule has 0 aliphatic rings. The Bertz CT molecular complexity index is 1350. The monoisotopic (exact) mass is 430 g/mol. The number of rotatable bonds is 11. The lowest BCUT2D eigenvalue weighted by atomic mass is 10.0. The van der Waals surface area contributed by atoms with E-state index in [1.54, 1.807) is 60.7 Å². The van der Waals surface area contributed by atoms with Crippen molar-refractivity contribution in [3.63, 3.8) is 0 Å². The van der Waals surface area contributed by atoms with Gasteiger partial charge < -0.3 is 14.7 Å². The number of ether oxygens (including phenoxy) is 1. The molecule has 0 aliphatic heterocycles. The van der Waals surface area contributed by atoms with Crippen molar-refractivity contribution in [2.24, 2.45) is 0 Å². The predicted molar refractivity (Wildman–Crippen MR) is 123 cm³/mol. The number of hydrogen-bond donors (Lipinski definition) is 1. The summed E-state index contributed by atoms with van der Waals surface area (Å²) >= 11 is 0. The molecule has 6 nitrogen and oxygen atoms in total. The fraction of sp³-hybridized carbons (Fsp3) is 0.320. The van der Waals surface area contributed by atoms with Crippen LogP contribution in [0.5, 0.6) is 0 Å². The van der Waals surface area contributed by atoms with Gasteiger partial charge in [-0.3, -0.25) is 4.98 Å². The molecule has 6 heteroatoms. The first kappa shape index (κ1) is 12.0. The summed E-state index contributed by atoms with van der Waals surface area (Å²) in [6.45, 7) is -12.3. The first-order valence-corrected chi connectivity index (χ1v) is 9.38. The number of hydrogen-bond acceptors (Lipinski definition) is 5. The van der Waals surface area contributed by atoms with E-state index in [0.29, 0.717) is 16.8 Å². The lowest BCUT2D eigenvalue weighted by Gasteiger charge is -2.28. The van der Waals surface area contributed by atoms with Gasteiger partial charge in [0.2, 0.25) is 0 Å². The van der Waals surface area contributed by atoms with E-state index in [9.17, 15) is 4.79 Å². The van der Waals surface area contributed by atoms with Crippen molar-refractivity contribution in [3.05, 3.63) is 66.9 Å². The van der Waals surface area contributed by atoms with Crippen LogP contribution in [0.1, 0.15) is 41.6 Å². The summed E-state index contributed by atoms with van der Waals surface area (Å²) in [6.07, 6.45) is -2.89. The smallest absolute Gasteiger partial charge is 0.329 e. The molecule has 0 bridgehead atoms. The van der Waals surface area contributed by atoms with Gasteiger partial charge in [-0.15, -0.1) is 0 Å². The van der Waals surface area contributed by atoms with Crippen molar-refractivity contribution in [1.29, 1.82) is 0 Å². The molecule has 1 heterocycles. The van der Waals surface area contributed by atoms with E-state index in [1.807, 2.05) is 0 Å². The van der Waals surface area contributed by atoms with Crippen LogP contribution >= 0.6 is 0 Å². The van der Waals surface area contributed by atoms with Gasteiger partial charge in [0.1, 0.15) is 12.4 Å². The minimum absolute atomic E-state index is 0.128. The number of carboxylic acids is 1. The predicted octanol–water partition coefficient (Wildman–Crippen LogP) is 4.91. The molecule has 3 aromatic rings. The van der Waals surface area contributed by atoms with Crippen LogP contribution in [0.4, 0.5) is 5.82 Å². The molecule has 0 unspecified atom stereocenters. The zero-order valence-corrected chi connectivity index (χ0v) is 16.6. The third kappa shape index (κ3) is 6.36. The maximum atomic E-state index is 10.8. The third-order valence-electron chi connectivity index (χ3n) is 4.10. The Balaban J connectivity index is 2.29. The summed E-state index contributed by atoms with van der Waals surface area (Å²) in [5, 5.41) is 8.80. The van der Waals surface area contributed by atoms with Crippen LogP contribution in [0.15, 0.2) is 66.9 Å². The average Bonchev–Trinajstić information content (AvgIpc) is 2.87. The number of carboxylic acid groups (broad SMARTS) is 1. The SMILES string of the molecule is [2H]C([2H])(COCC(=O)O)CC([2H])([2H])N(c1cnc(-c2ccccc2)c(-c2ccccc2)n1)C([2H])(C([2H])([2H])[2H])C([2H])([2H])[2H]. The molecule has 0 atom stereocenters. The first-order valence-electron chi connectivity index (χ1n) is 14.9. The first-order chi connectivity index (χ1) is 19.3. The minimum Gasteiger partial charge on any atom is -0.480 e. The van der Waals surface area contributed by atoms with E-state index < -0.39 is 64.0 Å². The van der Waals surface area contributed by atoms with Crippen LogP contribution in [-0.2, 0) is 9.53 Å². The van der Waals surface area contributed by atoms with Gasteiger partial charge in [0.15, 0.2) is 0 Å². The van der Waals surface area contributed by atoms with Gasteiger partial charge in [-0.2, -0.15) is 0 Å². The zero-order chi connectivity index (χ0) is 31.6. The quantitative estimate of drug-likeness (QED) is 0.466. The fourth-order valence-corrected chi connectivity index (χ4v) is 2.76. The van der Waals surface area contributed by atoms with Crippen molar-refractivity contribution >= 4 is 11.8 Å². The van der Waals surface area contributed by atoms with Crippen LogP contribution < -0.4 is 4.90 Å². The number of nitrogens with zero attached hydrogens (tertiary/aromatic N) is 3. The highest BCUT2D eigenvalue weighted by Crippen LogP contribution is 2.30. The molecular weight excluding hydrogens is 390 g/mol. The molecule has 31 heavy (non-hydrogen) atoms. The number of carbonyl (C=O) groups is 1. The highest BCUT2D eigenvalue weighted by atomic mass is 16.5. The molecule has 1 N–H and O–H groups in total. The largest absolute Gasteiger partial charge is 0.480 e. The molecule has 0 radical (unpaired) electrons. The second-order valence-electron chi connectivity index (χ2n) is 6.31. The Labute approximate surface area is 199 Å². The van der Waals surface area contributed by atoms with E-state index in [2.05, 4.69) is 9.97 Å². The molecule has 0 spiro atoms. The van der Waals surface area contributed by atoms with E-state index >= 15 is 0 Å². The molecule has 0 aliphatic carbocycles. The zero-order valence-electron chi connectivity index (χ0n) is 27.6. The van der Waals surface area contributed by atoms with E-state index in [-0.39, 0.29) is 10.6 Å². The summed E-state index contributed by atoms with van der Waals surface area (Å²) in [6, 6.07) is 13.5. The van der Waals surface area contributed by atoms with Crippen molar-refractivity contribution in [1.82, 2.24) is 9.97 Å². The molecular formula is C25H29N3O3. The third-order valence-corrected chi connectivity index (χ3v) is 4.10. The molecule has 0 amide bonds. The molecule has 1 aromatic heterocycles. The van der Waals surface area contributed by atoms with E-state index in [0.717, 1.165) is 6.20 Å². The van der Waals surface area contributed by atoms with E-state index in [1.165, 1.54) is 0 Å². The topological polar surface area (TPSA) is 75.6 Å². The molecule has 0 saturated heterocycles.